The lowest BCUT2D eigenvalue weighted by Gasteiger charge is -2.39. The van der Waals surface area contributed by atoms with Gasteiger partial charge < -0.3 is 19.0 Å². The van der Waals surface area contributed by atoms with Crippen molar-refractivity contribution in [3.63, 3.8) is 0 Å². The molecule has 3 aromatic heterocycles. The molecule has 0 aliphatic heterocycles. The second kappa shape index (κ2) is 25.8. The molecule has 0 aliphatic carbocycles. The van der Waals surface area contributed by atoms with Crippen LogP contribution in [0.3, 0.4) is 0 Å². The molecule has 472 valence electrons. The Hall–Kier alpha value is -12.6. The van der Waals surface area contributed by atoms with Gasteiger partial charge in [-0.1, -0.05) is 309 Å². The zero-order valence-electron chi connectivity index (χ0n) is 55.2. The van der Waals surface area contributed by atoms with E-state index in [0.29, 0.717) is 18.1 Å². The Bertz CT molecular complexity index is 5590. The molecule has 1 N–H and O–H groups in total. The molecule has 1 unspecified atom stereocenters. The first-order chi connectivity index (χ1) is 49.0. The summed E-state index contributed by atoms with van der Waals surface area (Å²) in [5.41, 5.74) is 22.0. The number of benzene rings is 14. The lowest BCUT2D eigenvalue weighted by molar-refractivity contribution is 0.418. The van der Waals surface area contributed by atoms with E-state index in [2.05, 4.69) is 378 Å². The highest BCUT2D eigenvalue weighted by Gasteiger charge is 2.41. The zero-order chi connectivity index (χ0) is 66.2. The van der Waals surface area contributed by atoms with E-state index >= 15 is 0 Å². The van der Waals surface area contributed by atoms with Crippen molar-refractivity contribution in [3.05, 3.63) is 380 Å². The lowest BCUT2D eigenvalue weighted by atomic mass is 9.78. The molecule has 99 heavy (non-hydrogen) atoms. The van der Waals surface area contributed by atoms with Gasteiger partial charge in [0.15, 0.2) is 5.84 Å². The van der Waals surface area contributed by atoms with Crippen LogP contribution in [0.15, 0.2) is 368 Å². The lowest BCUT2D eigenvalue weighted by Crippen LogP contribution is -2.41. The molecule has 3 heterocycles. The largest absolute Gasteiger partial charge is 0.373 e. The van der Waals surface area contributed by atoms with Crippen molar-refractivity contribution in [3.8, 4) is 55.9 Å². The van der Waals surface area contributed by atoms with Crippen molar-refractivity contribution in [1.29, 1.82) is 0 Å². The second-order valence-electron chi connectivity index (χ2n) is 25.6. The number of para-hydroxylation sites is 4. The first kappa shape index (κ1) is 60.1. The van der Waals surface area contributed by atoms with Gasteiger partial charge in [-0.3, -0.25) is 4.99 Å². The fourth-order valence-electron chi connectivity index (χ4n) is 15.4. The summed E-state index contributed by atoms with van der Waals surface area (Å²) in [4.78, 5) is 11.7. The van der Waals surface area contributed by atoms with Gasteiger partial charge in [0.2, 0.25) is 0 Å². The highest BCUT2D eigenvalue weighted by molar-refractivity contribution is 6.17. The molecule has 14 aromatic carbocycles. The zero-order valence-corrected chi connectivity index (χ0v) is 55.2. The van der Waals surface area contributed by atoms with Crippen molar-refractivity contribution in [2.24, 2.45) is 9.98 Å². The number of aromatic nitrogens is 3. The van der Waals surface area contributed by atoms with E-state index in [0.717, 1.165) is 128 Å². The smallest absolute Gasteiger partial charge is 0.157 e. The molecule has 1 atom stereocenters. The Balaban J connectivity index is 1.07. The second-order valence-corrected chi connectivity index (χ2v) is 25.6. The highest BCUT2D eigenvalue weighted by atomic mass is 15.1. The van der Waals surface area contributed by atoms with Gasteiger partial charge in [-0.15, -0.1) is 0 Å². The number of nitrogens with zero attached hydrogens (tertiary/aromatic N) is 5. The molecule has 0 radical (unpaired) electrons. The topological polar surface area (TPSA) is 51.5 Å². The maximum absolute atomic E-state index is 6.13. The molecular formula is C93H70N6. The van der Waals surface area contributed by atoms with Crippen LogP contribution in [0.5, 0.6) is 0 Å². The molecule has 6 nitrogen and oxygen atoms in total. The molecule has 17 aromatic rings. The Morgan fingerprint density at radius 2 is 0.697 bits per heavy atom. The summed E-state index contributed by atoms with van der Waals surface area (Å²) < 4.78 is 7.76. The predicted octanol–water partition coefficient (Wildman–Crippen LogP) is 22.8. The molecule has 0 fully saturated rings. The average Bonchev–Trinajstić information content (AvgIpc) is 1.56. The molecule has 0 aliphatic rings. The first-order valence-electron chi connectivity index (χ1n) is 34.2. The summed E-state index contributed by atoms with van der Waals surface area (Å²) in [5, 5.41) is 10.5. The average molecular weight is 1270 g/mol. The molecule has 0 amide bonds. The maximum atomic E-state index is 6.13. The minimum absolute atomic E-state index is 0.252. The Morgan fingerprint density at radius 1 is 0.343 bits per heavy atom. The van der Waals surface area contributed by atoms with Crippen LogP contribution in [-0.2, 0) is 12.0 Å². The van der Waals surface area contributed by atoms with Gasteiger partial charge in [0, 0.05) is 68.0 Å². The predicted molar refractivity (Wildman–Crippen MR) is 418 cm³/mol. The normalized spacial score (nSPS) is 12.9. The number of nitrogens with one attached hydrogen (secondary N) is 1. The quantitative estimate of drug-likeness (QED) is 0.0807. The molecule has 0 saturated carbocycles. The number of fused-ring (bicyclic) bond motifs is 9. The third-order valence-electron chi connectivity index (χ3n) is 19.9. The van der Waals surface area contributed by atoms with Crippen LogP contribution in [0.25, 0.3) is 127 Å². The fourth-order valence-corrected chi connectivity index (χ4v) is 15.4. The van der Waals surface area contributed by atoms with Gasteiger partial charge in [0.05, 0.1) is 56.6 Å². The van der Waals surface area contributed by atoms with Gasteiger partial charge >= 0.3 is 0 Å². The third-order valence-corrected chi connectivity index (χ3v) is 19.9. The molecule has 0 spiro atoms. The summed E-state index contributed by atoms with van der Waals surface area (Å²) in [7, 11) is 1.95. The molecule has 6 heteroatoms. The standard InChI is InChI=1S/C93H70N6/c1-3-82(71-56-54-68(55-57-71)66-32-12-5-13-33-66)93(62-64-50-52-67(53-51-64)65-30-10-4-11-31-65,63-95-92(73-40-20-9-21-41-73)96-91(94-2)72-38-18-8-19-39-72)99-89-60-87(97-83-46-26-22-42-74(83)75-43-23-27-47-84(75)97)78(69-34-14-6-15-35-69)58-80(89)81-59-79(70-36-16-7-17-37-70)88(61-90(81)99)98-85-48-28-24-44-76(85)77-45-25-29-49-86(77)98/h3-61H,62-63H2,1-2H3,(H,94,95,96)/b82-3-. The third kappa shape index (κ3) is 10.8. The van der Waals surface area contributed by atoms with Gasteiger partial charge in [-0.05, 0) is 106 Å². The molecule has 0 saturated heterocycles. The molecule has 0 bridgehead atoms. The van der Waals surface area contributed by atoms with E-state index in [9.17, 15) is 0 Å². The summed E-state index contributed by atoms with van der Waals surface area (Å²) >= 11 is 0. The summed E-state index contributed by atoms with van der Waals surface area (Å²) in [5.74, 6) is 1.33. The maximum Gasteiger partial charge on any atom is 0.157 e. The van der Waals surface area contributed by atoms with Crippen LogP contribution in [0.2, 0.25) is 0 Å². The van der Waals surface area contributed by atoms with Crippen LogP contribution in [0, 0.1) is 0 Å². The fraction of sp³-hybridized carbons (Fsp3) is 0.0538. The number of hydrogen-bond donors (Lipinski definition) is 1. The van der Waals surface area contributed by atoms with E-state index in [1.165, 1.54) is 21.5 Å². The van der Waals surface area contributed by atoms with E-state index in [1.54, 1.807) is 0 Å². The monoisotopic (exact) mass is 1270 g/mol. The SMILES string of the molecule is C/C=C(/c1ccc(-c2ccccc2)cc1)C(CN=C(N=C(NC)c1ccccc1)c1ccccc1)(Cc1ccc(-c2ccccc2)cc1)n1c2cc(-n3c4ccccc4c4ccccc43)c(-c3ccccc3)cc2c2cc(-c3ccccc3)c(-n3c4ccccc4c4ccccc43)cc21. The number of hydrogen-bond acceptors (Lipinski definition) is 1. The Morgan fingerprint density at radius 3 is 1.10 bits per heavy atom. The first-order valence-corrected chi connectivity index (χ1v) is 34.2. The summed E-state index contributed by atoms with van der Waals surface area (Å²) in [6.45, 7) is 2.48. The summed E-state index contributed by atoms with van der Waals surface area (Å²) in [6.07, 6.45) is 2.89. The van der Waals surface area contributed by atoms with Crippen molar-refractivity contribution in [2.45, 2.75) is 18.9 Å². The van der Waals surface area contributed by atoms with Crippen molar-refractivity contribution in [1.82, 2.24) is 19.0 Å². The Kier molecular flexibility index (Phi) is 15.7. The van der Waals surface area contributed by atoms with E-state index < -0.39 is 5.54 Å². The van der Waals surface area contributed by atoms with Crippen molar-refractivity contribution < 1.29 is 0 Å². The van der Waals surface area contributed by atoms with Gasteiger partial charge in [-0.2, -0.15) is 0 Å². The number of amidine groups is 2. The van der Waals surface area contributed by atoms with Gasteiger partial charge in [0.1, 0.15) is 5.84 Å². The van der Waals surface area contributed by atoms with Gasteiger partial charge in [-0.25, -0.2) is 4.99 Å². The van der Waals surface area contributed by atoms with E-state index in [4.69, 9.17) is 9.98 Å². The Labute approximate surface area is 576 Å². The van der Waals surface area contributed by atoms with Crippen LogP contribution >= 0.6 is 0 Å². The van der Waals surface area contributed by atoms with Crippen LogP contribution in [0.1, 0.15) is 29.2 Å². The molecule has 17 rings (SSSR count). The minimum atomic E-state index is -1.06. The van der Waals surface area contributed by atoms with Crippen molar-refractivity contribution in [2.75, 3.05) is 13.6 Å². The number of allylic oxidation sites excluding steroid dienone is 1. The van der Waals surface area contributed by atoms with E-state index in [1.807, 2.05) is 13.1 Å². The number of rotatable bonds is 15. The van der Waals surface area contributed by atoms with Crippen LogP contribution < -0.4 is 5.32 Å². The minimum Gasteiger partial charge on any atom is -0.373 e. The highest BCUT2D eigenvalue weighted by Crippen LogP contribution is 2.50. The number of aliphatic imine (C=N–C) groups is 2. The van der Waals surface area contributed by atoms with Crippen molar-refractivity contribution >= 4 is 82.7 Å². The van der Waals surface area contributed by atoms with E-state index in [-0.39, 0.29) is 6.54 Å². The van der Waals surface area contributed by atoms with Crippen LogP contribution in [0.4, 0.5) is 0 Å². The van der Waals surface area contributed by atoms with Gasteiger partial charge in [0.25, 0.3) is 0 Å². The van der Waals surface area contributed by atoms with Crippen LogP contribution in [-0.4, -0.2) is 39.0 Å². The summed E-state index contributed by atoms with van der Waals surface area (Å²) in [6, 6.07) is 128. The molecular weight excluding hydrogens is 1200 g/mol.